The quantitative estimate of drug-likeness (QED) is 0.872. The number of halogens is 1. The Labute approximate surface area is 104 Å². The Hall–Kier alpha value is -1.91. The number of carboxylic acids is 1. The van der Waals surface area contributed by atoms with Gasteiger partial charge in [-0.05, 0) is 24.1 Å². The number of hydrogen-bond acceptors (Lipinski definition) is 2. The van der Waals surface area contributed by atoms with Gasteiger partial charge in [0.1, 0.15) is 5.82 Å². The highest BCUT2D eigenvalue weighted by Gasteiger charge is 2.38. The Kier molecular flexibility index (Phi) is 3.32. The summed E-state index contributed by atoms with van der Waals surface area (Å²) in [5, 5.41) is 9.21. The summed E-state index contributed by atoms with van der Waals surface area (Å²) in [5.74, 6) is -2.18. The zero-order valence-electron chi connectivity index (χ0n) is 9.97. The van der Waals surface area contributed by atoms with E-state index in [-0.39, 0.29) is 12.3 Å². The molecule has 2 atom stereocenters. The van der Waals surface area contributed by atoms with E-state index in [1.165, 1.54) is 23.1 Å². The molecule has 0 saturated carbocycles. The summed E-state index contributed by atoms with van der Waals surface area (Å²) in [4.78, 5) is 24.3. The molecule has 1 N–H and O–H groups in total. The zero-order valence-corrected chi connectivity index (χ0v) is 9.97. The lowest BCUT2D eigenvalue weighted by molar-refractivity contribution is -0.150. The Morgan fingerprint density at radius 1 is 1.50 bits per heavy atom. The third-order valence-electron chi connectivity index (χ3n) is 3.37. The van der Waals surface area contributed by atoms with Crippen molar-refractivity contribution in [3.63, 3.8) is 0 Å². The number of carbonyl (C=O) groups excluding carboxylic acids is 1. The largest absolute Gasteiger partial charge is 0.481 e. The van der Waals surface area contributed by atoms with Crippen LogP contribution in [0.25, 0.3) is 0 Å². The molecule has 2 rings (SSSR count). The van der Waals surface area contributed by atoms with Gasteiger partial charge in [0.15, 0.2) is 0 Å². The van der Waals surface area contributed by atoms with E-state index < -0.39 is 23.7 Å². The molecular weight excluding hydrogens is 237 g/mol. The van der Waals surface area contributed by atoms with Crippen LogP contribution in [0.4, 0.5) is 4.39 Å². The minimum absolute atomic E-state index is 0.109. The summed E-state index contributed by atoms with van der Waals surface area (Å²) in [6.45, 7) is 0. The molecular formula is C13H14FNO3. The topological polar surface area (TPSA) is 57.6 Å². The number of hydrogen-bond donors (Lipinski definition) is 1. The molecule has 1 heterocycles. The van der Waals surface area contributed by atoms with Gasteiger partial charge in [-0.2, -0.15) is 0 Å². The summed E-state index contributed by atoms with van der Waals surface area (Å²) in [6, 6.07) is 5.16. The molecule has 96 valence electrons. The summed E-state index contributed by atoms with van der Waals surface area (Å²) in [7, 11) is 1.56. The second-order valence-corrected chi connectivity index (χ2v) is 4.49. The lowest BCUT2D eigenvalue weighted by Gasteiger charge is -2.37. The number of amides is 1. The van der Waals surface area contributed by atoms with Crippen LogP contribution in [0.3, 0.4) is 0 Å². The Bertz CT molecular complexity index is 489. The minimum Gasteiger partial charge on any atom is -0.481 e. The third-order valence-corrected chi connectivity index (χ3v) is 3.37. The first-order valence-corrected chi connectivity index (χ1v) is 5.74. The molecule has 18 heavy (non-hydrogen) atoms. The van der Waals surface area contributed by atoms with E-state index in [0.717, 1.165) is 0 Å². The van der Waals surface area contributed by atoms with E-state index in [4.69, 9.17) is 0 Å². The number of carboxylic acid groups (broad SMARTS) is 1. The molecule has 0 bridgehead atoms. The highest BCUT2D eigenvalue weighted by atomic mass is 19.1. The second-order valence-electron chi connectivity index (χ2n) is 4.49. The smallest absolute Gasteiger partial charge is 0.308 e. The predicted molar refractivity (Wildman–Crippen MR) is 62.3 cm³/mol. The van der Waals surface area contributed by atoms with Gasteiger partial charge >= 0.3 is 5.97 Å². The van der Waals surface area contributed by atoms with Gasteiger partial charge in [0.2, 0.25) is 5.91 Å². The molecule has 0 aromatic heterocycles. The van der Waals surface area contributed by atoms with Crippen molar-refractivity contribution >= 4 is 11.9 Å². The number of rotatable bonds is 2. The minimum atomic E-state index is -0.955. The first kappa shape index (κ1) is 12.5. The average molecular weight is 251 g/mol. The van der Waals surface area contributed by atoms with E-state index >= 15 is 0 Å². The van der Waals surface area contributed by atoms with Crippen LogP contribution in [0.2, 0.25) is 0 Å². The number of carbonyl (C=O) groups is 2. The van der Waals surface area contributed by atoms with Crippen molar-refractivity contribution in [1.82, 2.24) is 4.90 Å². The van der Waals surface area contributed by atoms with Crippen LogP contribution in [0.15, 0.2) is 24.3 Å². The number of piperidine rings is 1. The number of benzene rings is 1. The first-order chi connectivity index (χ1) is 8.50. The highest BCUT2D eigenvalue weighted by Crippen LogP contribution is 2.35. The fourth-order valence-electron chi connectivity index (χ4n) is 2.44. The summed E-state index contributed by atoms with van der Waals surface area (Å²) < 4.78 is 13.2. The molecule has 1 aliphatic rings. The van der Waals surface area contributed by atoms with Gasteiger partial charge in [-0.3, -0.25) is 9.59 Å². The highest BCUT2D eigenvalue weighted by molar-refractivity contribution is 5.81. The van der Waals surface area contributed by atoms with Gasteiger partial charge in [-0.1, -0.05) is 12.1 Å². The van der Waals surface area contributed by atoms with Gasteiger partial charge < -0.3 is 10.0 Å². The summed E-state index contributed by atoms with van der Waals surface area (Å²) in [5.41, 5.74) is 0.526. The lowest BCUT2D eigenvalue weighted by atomic mass is 9.84. The number of nitrogens with zero attached hydrogens (tertiary/aromatic N) is 1. The van der Waals surface area contributed by atoms with Gasteiger partial charge in [0.25, 0.3) is 0 Å². The molecule has 1 amide bonds. The van der Waals surface area contributed by atoms with E-state index in [2.05, 4.69) is 0 Å². The molecule has 1 aromatic rings. The van der Waals surface area contributed by atoms with Crippen LogP contribution in [0.5, 0.6) is 0 Å². The van der Waals surface area contributed by atoms with Crippen LogP contribution < -0.4 is 0 Å². The molecule has 4 nitrogen and oxygen atoms in total. The van der Waals surface area contributed by atoms with Crippen molar-refractivity contribution in [1.29, 1.82) is 0 Å². The molecule has 5 heteroatoms. The molecule has 2 unspecified atom stereocenters. The van der Waals surface area contributed by atoms with Crippen molar-refractivity contribution in [2.24, 2.45) is 5.92 Å². The Morgan fingerprint density at radius 2 is 2.22 bits per heavy atom. The number of aliphatic carboxylic acids is 1. The van der Waals surface area contributed by atoms with Crippen molar-refractivity contribution in [2.45, 2.75) is 18.9 Å². The summed E-state index contributed by atoms with van der Waals surface area (Å²) >= 11 is 0. The van der Waals surface area contributed by atoms with Crippen LogP contribution in [0, 0.1) is 11.7 Å². The van der Waals surface area contributed by atoms with Gasteiger partial charge in [0, 0.05) is 13.5 Å². The monoisotopic (exact) mass is 251 g/mol. The maximum absolute atomic E-state index is 13.2. The van der Waals surface area contributed by atoms with E-state index in [1.807, 2.05) is 0 Å². The molecule has 1 aromatic carbocycles. The van der Waals surface area contributed by atoms with Gasteiger partial charge in [-0.15, -0.1) is 0 Å². The molecule has 0 spiro atoms. The standard InChI is InChI=1S/C13H14FNO3/c1-15-11(16)6-5-10(13(17)18)12(15)8-3-2-4-9(14)7-8/h2-4,7,10,12H,5-6H2,1H3,(H,17,18). The number of likely N-dealkylation sites (tertiary alicyclic amines) is 1. The summed E-state index contributed by atoms with van der Waals surface area (Å²) in [6.07, 6.45) is 0.513. The van der Waals surface area contributed by atoms with Crippen LogP contribution in [0.1, 0.15) is 24.4 Å². The normalized spacial score (nSPS) is 24.1. The van der Waals surface area contributed by atoms with Crippen LogP contribution in [-0.4, -0.2) is 28.9 Å². The molecule has 0 aliphatic carbocycles. The maximum Gasteiger partial charge on any atom is 0.308 e. The lowest BCUT2D eigenvalue weighted by Crippen LogP contribution is -2.43. The second kappa shape index (κ2) is 4.76. The molecule has 1 aliphatic heterocycles. The van der Waals surface area contributed by atoms with Crippen molar-refractivity contribution in [2.75, 3.05) is 7.05 Å². The van der Waals surface area contributed by atoms with Gasteiger partial charge in [0.05, 0.1) is 12.0 Å². The first-order valence-electron chi connectivity index (χ1n) is 5.74. The van der Waals surface area contributed by atoms with Crippen molar-refractivity contribution in [3.05, 3.63) is 35.6 Å². The van der Waals surface area contributed by atoms with E-state index in [0.29, 0.717) is 12.0 Å². The Morgan fingerprint density at radius 3 is 2.83 bits per heavy atom. The van der Waals surface area contributed by atoms with Crippen molar-refractivity contribution in [3.8, 4) is 0 Å². The van der Waals surface area contributed by atoms with Crippen LogP contribution >= 0.6 is 0 Å². The maximum atomic E-state index is 13.2. The molecule has 0 radical (unpaired) electrons. The third kappa shape index (κ3) is 2.20. The Balaban J connectivity index is 2.41. The van der Waals surface area contributed by atoms with Gasteiger partial charge in [-0.25, -0.2) is 4.39 Å². The fourth-order valence-corrected chi connectivity index (χ4v) is 2.44. The van der Waals surface area contributed by atoms with Crippen molar-refractivity contribution < 1.29 is 19.1 Å². The van der Waals surface area contributed by atoms with E-state index in [1.54, 1.807) is 13.1 Å². The SMILES string of the molecule is CN1C(=O)CCC(C(=O)O)C1c1cccc(F)c1. The van der Waals surface area contributed by atoms with Crippen LogP contribution in [-0.2, 0) is 9.59 Å². The predicted octanol–water partition coefficient (Wildman–Crippen LogP) is 1.82. The molecule has 1 saturated heterocycles. The average Bonchev–Trinajstić information content (AvgIpc) is 2.32. The molecule has 1 fully saturated rings. The zero-order chi connectivity index (χ0) is 13.3. The fraction of sp³-hybridized carbons (Fsp3) is 0.385. The van der Waals surface area contributed by atoms with E-state index in [9.17, 15) is 19.1 Å².